The zero-order valence-electron chi connectivity index (χ0n) is 10.9. The Bertz CT molecular complexity index is 604. The summed E-state index contributed by atoms with van der Waals surface area (Å²) in [7, 11) is 0. The monoisotopic (exact) mass is 290 g/mol. The van der Waals surface area contributed by atoms with Gasteiger partial charge in [0.05, 0.1) is 13.2 Å². The van der Waals surface area contributed by atoms with Gasteiger partial charge in [-0.3, -0.25) is 0 Å². The van der Waals surface area contributed by atoms with Crippen molar-refractivity contribution in [1.29, 1.82) is 0 Å². The molecule has 1 aliphatic heterocycles. The van der Waals surface area contributed by atoms with Crippen LogP contribution in [0.2, 0.25) is 5.15 Å². The van der Waals surface area contributed by atoms with E-state index in [1.165, 1.54) is 0 Å². The van der Waals surface area contributed by atoms with Crippen LogP contribution in [0.5, 0.6) is 11.5 Å². The van der Waals surface area contributed by atoms with E-state index in [4.69, 9.17) is 21.1 Å². The van der Waals surface area contributed by atoms with Crippen LogP contribution >= 0.6 is 11.6 Å². The predicted octanol–water partition coefficient (Wildman–Crippen LogP) is 3.51. The molecule has 5 heteroatoms. The molecular weight excluding hydrogens is 276 g/mol. The number of nitrogens with one attached hydrogen (secondary N) is 1. The molecule has 1 aromatic carbocycles. The van der Waals surface area contributed by atoms with Crippen molar-refractivity contribution < 1.29 is 9.47 Å². The Balaban J connectivity index is 1.70. The first kappa shape index (κ1) is 13.1. The van der Waals surface area contributed by atoms with E-state index in [9.17, 15) is 0 Å². The highest BCUT2D eigenvalue weighted by molar-refractivity contribution is 6.29. The van der Waals surface area contributed by atoms with Gasteiger partial charge in [-0.2, -0.15) is 0 Å². The first-order chi connectivity index (χ1) is 9.81. The highest BCUT2D eigenvalue weighted by Crippen LogP contribution is 2.30. The van der Waals surface area contributed by atoms with E-state index < -0.39 is 0 Å². The molecule has 1 aromatic heterocycles. The zero-order chi connectivity index (χ0) is 13.8. The summed E-state index contributed by atoms with van der Waals surface area (Å²) in [6, 6.07) is 11.5. The zero-order valence-corrected chi connectivity index (χ0v) is 11.7. The van der Waals surface area contributed by atoms with Gasteiger partial charge in [0.1, 0.15) is 11.0 Å². The van der Waals surface area contributed by atoms with E-state index in [0.29, 0.717) is 24.9 Å². The number of benzene rings is 1. The van der Waals surface area contributed by atoms with Crippen LogP contribution in [0.25, 0.3) is 0 Å². The molecule has 0 bridgehead atoms. The number of fused-ring (bicyclic) bond motifs is 1. The number of hydrogen-bond donors (Lipinski definition) is 1. The SMILES string of the molecule is Clc1cccc(NCc2ccc3c(c2)OCCCO3)n1. The number of hydrogen-bond acceptors (Lipinski definition) is 4. The lowest BCUT2D eigenvalue weighted by Gasteiger charge is -2.10. The van der Waals surface area contributed by atoms with Crippen molar-refractivity contribution in [3.8, 4) is 11.5 Å². The van der Waals surface area contributed by atoms with Gasteiger partial charge in [0.15, 0.2) is 11.5 Å². The quantitative estimate of drug-likeness (QED) is 0.879. The van der Waals surface area contributed by atoms with Crippen molar-refractivity contribution in [3.05, 3.63) is 47.1 Å². The lowest BCUT2D eigenvalue weighted by Crippen LogP contribution is -2.02. The molecule has 0 unspecified atom stereocenters. The molecule has 1 aliphatic rings. The maximum Gasteiger partial charge on any atom is 0.161 e. The second-order valence-electron chi connectivity index (χ2n) is 4.53. The van der Waals surface area contributed by atoms with Crippen LogP contribution in [0, 0.1) is 0 Å². The highest BCUT2D eigenvalue weighted by Gasteiger charge is 2.10. The van der Waals surface area contributed by atoms with Gasteiger partial charge in [-0.15, -0.1) is 0 Å². The second-order valence-corrected chi connectivity index (χ2v) is 4.92. The molecular formula is C15H15ClN2O2. The number of ether oxygens (including phenoxy) is 2. The third kappa shape index (κ3) is 3.14. The van der Waals surface area contributed by atoms with E-state index in [1.807, 2.05) is 30.3 Å². The standard InChI is InChI=1S/C15H15ClN2O2/c16-14-3-1-4-15(18-14)17-10-11-5-6-12-13(9-11)20-8-2-7-19-12/h1,3-6,9H,2,7-8,10H2,(H,17,18). The van der Waals surface area contributed by atoms with Crippen LogP contribution in [-0.4, -0.2) is 18.2 Å². The number of pyridine rings is 1. The van der Waals surface area contributed by atoms with E-state index in [1.54, 1.807) is 6.07 Å². The lowest BCUT2D eigenvalue weighted by molar-refractivity contribution is 0.297. The van der Waals surface area contributed by atoms with Crippen LogP contribution < -0.4 is 14.8 Å². The molecule has 0 aliphatic carbocycles. The van der Waals surface area contributed by atoms with Crippen molar-refractivity contribution in [2.24, 2.45) is 0 Å². The molecule has 1 N–H and O–H groups in total. The fourth-order valence-electron chi connectivity index (χ4n) is 2.02. The van der Waals surface area contributed by atoms with Gasteiger partial charge >= 0.3 is 0 Å². The van der Waals surface area contributed by atoms with Gasteiger partial charge in [-0.1, -0.05) is 23.7 Å². The minimum absolute atomic E-state index is 0.480. The van der Waals surface area contributed by atoms with Crippen LogP contribution in [0.3, 0.4) is 0 Å². The Kier molecular flexibility index (Phi) is 3.92. The summed E-state index contributed by atoms with van der Waals surface area (Å²) in [6.45, 7) is 2.06. The van der Waals surface area contributed by atoms with Crippen LogP contribution in [0.1, 0.15) is 12.0 Å². The summed E-state index contributed by atoms with van der Waals surface area (Å²) in [5, 5.41) is 3.71. The van der Waals surface area contributed by atoms with Crippen LogP contribution in [0.15, 0.2) is 36.4 Å². The minimum Gasteiger partial charge on any atom is -0.490 e. The molecule has 0 saturated heterocycles. The summed E-state index contributed by atoms with van der Waals surface area (Å²) >= 11 is 5.85. The van der Waals surface area contributed by atoms with Gasteiger partial charge in [-0.05, 0) is 29.8 Å². The summed E-state index contributed by atoms with van der Waals surface area (Å²) < 4.78 is 11.3. The molecule has 0 spiro atoms. The third-order valence-electron chi connectivity index (χ3n) is 3.00. The Hall–Kier alpha value is -1.94. The molecule has 0 fully saturated rings. The molecule has 2 heterocycles. The van der Waals surface area contributed by atoms with Crippen LogP contribution in [0.4, 0.5) is 5.82 Å². The number of anilines is 1. The van der Waals surface area contributed by atoms with E-state index in [2.05, 4.69) is 10.3 Å². The van der Waals surface area contributed by atoms with Gasteiger partial charge in [0, 0.05) is 13.0 Å². The smallest absolute Gasteiger partial charge is 0.161 e. The van der Waals surface area contributed by atoms with E-state index >= 15 is 0 Å². The summed E-state index contributed by atoms with van der Waals surface area (Å²) in [6.07, 6.45) is 0.911. The largest absolute Gasteiger partial charge is 0.490 e. The fourth-order valence-corrected chi connectivity index (χ4v) is 2.18. The number of rotatable bonds is 3. The average molecular weight is 291 g/mol. The van der Waals surface area contributed by atoms with Crippen LogP contribution in [-0.2, 0) is 6.54 Å². The minimum atomic E-state index is 0.480. The van der Waals surface area contributed by atoms with Gasteiger partial charge < -0.3 is 14.8 Å². The average Bonchev–Trinajstić information content (AvgIpc) is 2.70. The Labute approximate surface area is 122 Å². The molecule has 0 atom stereocenters. The number of nitrogens with zero attached hydrogens (tertiary/aromatic N) is 1. The number of halogens is 1. The van der Waals surface area contributed by atoms with Gasteiger partial charge in [0.25, 0.3) is 0 Å². The van der Waals surface area contributed by atoms with Gasteiger partial charge in [0.2, 0.25) is 0 Å². The lowest BCUT2D eigenvalue weighted by atomic mass is 10.2. The van der Waals surface area contributed by atoms with E-state index in [0.717, 1.165) is 29.3 Å². The third-order valence-corrected chi connectivity index (χ3v) is 3.21. The van der Waals surface area contributed by atoms with E-state index in [-0.39, 0.29) is 0 Å². The molecule has 2 aromatic rings. The Morgan fingerprint density at radius 1 is 1.10 bits per heavy atom. The molecule has 3 rings (SSSR count). The second kappa shape index (κ2) is 6.01. The first-order valence-electron chi connectivity index (χ1n) is 6.56. The van der Waals surface area contributed by atoms with Crippen molar-refractivity contribution in [2.45, 2.75) is 13.0 Å². The Morgan fingerprint density at radius 3 is 2.80 bits per heavy atom. The summed E-state index contributed by atoms with van der Waals surface area (Å²) in [5.41, 5.74) is 1.11. The summed E-state index contributed by atoms with van der Waals surface area (Å²) in [5.74, 6) is 2.37. The topological polar surface area (TPSA) is 43.4 Å². The fraction of sp³-hybridized carbons (Fsp3) is 0.267. The first-order valence-corrected chi connectivity index (χ1v) is 6.94. The molecule has 0 amide bonds. The molecule has 0 radical (unpaired) electrons. The molecule has 4 nitrogen and oxygen atoms in total. The van der Waals surface area contributed by atoms with Crippen molar-refractivity contribution in [3.63, 3.8) is 0 Å². The normalized spacial score (nSPS) is 13.7. The van der Waals surface area contributed by atoms with Crippen molar-refractivity contribution in [2.75, 3.05) is 18.5 Å². The highest BCUT2D eigenvalue weighted by atomic mass is 35.5. The molecule has 0 saturated carbocycles. The summed E-state index contributed by atoms with van der Waals surface area (Å²) in [4.78, 5) is 4.19. The van der Waals surface area contributed by atoms with Crippen molar-refractivity contribution in [1.82, 2.24) is 4.98 Å². The predicted molar refractivity (Wildman–Crippen MR) is 78.6 cm³/mol. The van der Waals surface area contributed by atoms with Gasteiger partial charge in [-0.25, -0.2) is 4.98 Å². The van der Waals surface area contributed by atoms with Crippen molar-refractivity contribution >= 4 is 17.4 Å². The molecule has 104 valence electrons. The molecule has 20 heavy (non-hydrogen) atoms. The maximum atomic E-state index is 5.85. The maximum absolute atomic E-state index is 5.85. The number of aromatic nitrogens is 1. The Morgan fingerprint density at radius 2 is 1.95 bits per heavy atom.